The van der Waals surface area contributed by atoms with Crippen LogP contribution in [0.2, 0.25) is 10.0 Å². The Morgan fingerprint density at radius 1 is 1.29 bits per heavy atom. The van der Waals surface area contributed by atoms with E-state index >= 15 is 0 Å². The topological polar surface area (TPSA) is 105 Å². The molecule has 164 valence electrons. The fourth-order valence-electron chi connectivity index (χ4n) is 3.70. The van der Waals surface area contributed by atoms with Crippen molar-refractivity contribution in [2.24, 2.45) is 5.92 Å². The lowest BCUT2D eigenvalue weighted by Gasteiger charge is -2.16. The molecule has 0 aliphatic carbocycles. The highest BCUT2D eigenvalue weighted by atomic mass is 35.5. The van der Waals surface area contributed by atoms with E-state index in [1.54, 1.807) is 35.0 Å². The van der Waals surface area contributed by atoms with E-state index in [0.717, 1.165) is 5.56 Å². The number of hydrogen-bond acceptors (Lipinski definition) is 6. The number of ether oxygens (including phenoxy) is 1. The van der Waals surface area contributed by atoms with Gasteiger partial charge in [-0.05, 0) is 17.7 Å². The van der Waals surface area contributed by atoms with Crippen molar-refractivity contribution in [3.8, 4) is 0 Å². The molecule has 1 aromatic carbocycles. The highest BCUT2D eigenvalue weighted by Gasteiger charge is 2.30. The number of benzene rings is 1. The molecule has 31 heavy (non-hydrogen) atoms. The van der Waals surface area contributed by atoms with Gasteiger partial charge in [-0.1, -0.05) is 29.3 Å². The molecular formula is C20H22Cl2N6O3. The van der Waals surface area contributed by atoms with Crippen LogP contribution in [-0.2, 0) is 22.6 Å². The lowest BCUT2D eigenvalue weighted by Crippen LogP contribution is -2.29. The fraction of sp³-hybridized carbons (Fsp3) is 0.400. The van der Waals surface area contributed by atoms with Crippen molar-refractivity contribution >= 4 is 46.1 Å². The molecule has 0 bridgehead atoms. The summed E-state index contributed by atoms with van der Waals surface area (Å²) in [6.07, 6.45) is 1.99. The van der Waals surface area contributed by atoms with E-state index < -0.39 is 0 Å². The Hall–Kier alpha value is -2.62. The number of rotatable bonds is 8. The highest BCUT2D eigenvalue weighted by Crippen LogP contribution is 2.23. The number of fused-ring (bicyclic) bond motifs is 1. The minimum absolute atomic E-state index is 0.0827. The third kappa shape index (κ3) is 4.84. The Morgan fingerprint density at radius 2 is 2.13 bits per heavy atom. The summed E-state index contributed by atoms with van der Waals surface area (Å²) < 4.78 is 6.68. The molecule has 1 aliphatic heterocycles. The molecule has 3 heterocycles. The van der Waals surface area contributed by atoms with Crippen LogP contribution in [0.5, 0.6) is 0 Å². The number of H-pyrrole nitrogens is 1. The van der Waals surface area contributed by atoms with E-state index in [9.17, 15) is 9.59 Å². The standard InChI is InChI=1S/C20H22Cl2N6O3/c1-31-5-4-27-10-13(7-17(27)29)11-28-18-16(9-24-28)25-20(26-19(18)30)23-8-12-2-3-14(21)15(22)6-12/h2-3,6,9,13H,4-5,7-8,10-11H2,1H3,(H2,23,25,26,30). The minimum atomic E-state index is -0.292. The zero-order valence-electron chi connectivity index (χ0n) is 16.9. The maximum atomic E-state index is 12.7. The van der Waals surface area contributed by atoms with E-state index in [1.165, 1.54) is 0 Å². The maximum Gasteiger partial charge on any atom is 0.278 e. The van der Waals surface area contributed by atoms with Gasteiger partial charge in [-0.25, -0.2) is 4.98 Å². The summed E-state index contributed by atoms with van der Waals surface area (Å²) in [4.78, 5) is 33.9. The number of halogens is 2. The van der Waals surface area contributed by atoms with Crippen LogP contribution in [0.15, 0.2) is 29.2 Å². The van der Waals surface area contributed by atoms with Crippen molar-refractivity contribution in [2.75, 3.05) is 32.1 Å². The van der Waals surface area contributed by atoms with Gasteiger partial charge < -0.3 is 15.0 Å². The van der Waals surface area contributed by atoms with E-state index in [-0.39, 0.29) is 17.4 Å². The molecule has 4 rings (SSSR count). The van der Waals surface area contributed by atoms with Gasteiger partial charge in [0.15, 0.2) is 5.52 Å². The Morgan fingerprint density at radius 3 is 2.90 bits per heavy atom. The van der Waals surface area contributed by atoms with Crippen molar-refractivity contribution in [1.82, 2.24) is 24.6 Å². The van der Waals surface area contributed by atoms with E-state index in [4.69, 9.17) is 27.9 Å². The number of nitrogens with zero attached hydrogens (tertiary/aromatic N) is 4. The Labute approximate surface area is 188 Å². The van der Waals surface area contributed by atoms with Crippen LogP contribution in [0.1, 0.15) is 12.0 Å². The molecule has 1 unspecified atom stereocenters. The number of methoxy groups -OCH3 is 1. The fourth-order valence-corrected chi connectivity index (χ4v) is 4.02. The first-order chi connectivity index (χ1) is 14.9. The van der Waals surface area contributed by atoms with Gasteiger partial charge in [-0.15, -0.1) is 0 Å². The van der Waals surface area contributed by atoms with Gasteiger partial charge in [-0.2, -0.15) is 5.10 Å². The summed E-state index contributed by atoms with van der Waals surface area (Å²) in [7, 11) is 1.61. The first-order valence-electron chi connectivity index (χ1n) is 9.85. The number of carbonyl (C=O) groups is 1. The molecule has 1 aliphatic rings. The van der Waals surface area contributed by atoms with Gasteiger partial charge in [0.2, 0.25) is 11.9 Å². The van der Waals surface area contributed by atoms with Gasteiger partial charge >= 0.3 is 0 Å². The molecule has 0 radical (unpaired) electrons. The van der Waals surface area contributed by atoms with Crippen molar-refractivity contribution < 1.29 is 9.53 Å². The molecule has 9 nitrogen and oxygen atoms in total. The van der Waals surface area contributed by atoms with E-state index in [0.29, 0.717) is 66.2 Å². The third-order valence-corrected chi connectivity index (χ3v) is 5.97. The molecule has 1 atom stereocenters. The molecule has 2 N–H and O–H groups in total. The zero-order chi connectivity index (χ0) is 22.0. The number of likely N-dealkylation sites (tertiary alicyclic amines) is 1. The Bertz CT molecular complexity index is 1160. The first kappa shape index (κ1) is 21.6. The van der Waals surface area contributed by atoms with Gasteiger partial charge in [0.25, 0.3) is 5.56 Å². The normalized spacial score (nSPS) is 16.4. The summed E-state index contributed by atoms with van der Waals surface area (Å²) in [5.74, 6) is 0.517. The lowest BCUT2D eigenvalue weighted by molar-refractivity contribution is -0.128. The number of hydrogen-bond donors (Lipinski definition) is 2. The van der Waals surface area contributed by atoms with Gasteiger partial charge in [-0.3, -0.25) is 19.3 Å². The van der Waals surface area contributed by atoms with Crippen LogP contribution in [-0.4, -0.2) is 57.4 Å². The van der Waals surface area contributed by atoms with Crippen LogP contribution in [0.25, 0.3) is 11.0 Å². The summed E-state index contributed by atoms with van der Waals surface area (Å²) in [6, 6.07) is 5.31. The molecule has 2 aromatic heterocycles. The molecule has 1 saturated heterocycles. The van der Waals surface area contributed by atoms with E-state index in [2.05, 4.69) is 20.4 Å². The van der Waals surface area contributed by atoms with Gasteiger partial charge in [0.1, 0.15) is 5.52 Å². The number of anilines is 1. The first-order valence-corrected chi connectivity index (χ1v) is 10.6. The second kappa shape index (κ2) is 9.25. The average Bonchev–Trinajstić information content (AvgIpc) is 3.30. The van der Waals surface area contributed by atoms with Gasteiger partial charge in [0, 0.05) is 45.6 Å². The summed E-state index contributed by atoms with van der Waals surface area (Å²) >= 11 is 12.0. The molecule has 1 fully saturated rings. The number of aromatic amines is 1. The smallest absolute Gasteiger partial charge is 0.278 e. The number of nitrogens with one attached hydrogen (secondary N) is 2. The zero-order valence-corrected chi connectivity index (χ0v) is 18.4. The van der Waals surface area contributed by atoms with Gasteiger partial charge in [0.05, 0.1) is 22.8 Å². The average molecular weight is 465 g/mol. The largest absolute Gasteiger partial charge is 0.383 e. The molecule has 0 spiro atoms. The number of amides is 1. The summed E-state index contributed by atoms with van der Waals surface area (Å²) in [5.41, 5.74) is 1.49. The summed E-state index contributed by atoms with van der Waals surface area (Å²) in [6.45, 7) is 2.59. The van der Waals surface area contributed by atoms with Crippen molar-refractivity contribution in [1.29, 1.82) is 0 Å². The van der Waals surface area contributed by atoms with Crippen LogP contribution in [0.4, 0.5) is 5.95 Å². The van der Waals surface area contributed by atoms with E-state index in [1.807, 2.05) is 6.07 Å². The maximum absolute atomic E-state index is 12.7. The van der Waals surface area contributed by atoms with Crippen LogP contribution < -0.4 is 10.9 Å². The van der Waals surface area contributed by atoms with Crippen molar-refractivity contribution in [3.63, 3.8) is 0 Å². The summed E-state index contributed by atoms with van der Waals surface area (Å²) in [5, 5.41) is 8.36. The predicted molar refractivity (Wildman–Crippen MR) is 119 cm³/mol. The minimum Gasteiger partial charge on any atom is -0.383 e. The molecule has 1 amide bonds. The second-order valence-electron chi connectivity index (χ2n) is 7.48. The quantitative estimate of drug-likeness (QED) is 0.530. The monoisotopic (exact) mass is 464 g/mol. The third-order valence-electron chi connectivity index (χ3n) is 5.23. The number of carbonyl (C=O) groups excluding carboxylic acids is 1. The predicted octanol–water partition coefficient (Wildman–Crippen LogP) is 2.53. The lowest BCUT2D eigenvalue weighted by atomic mass is 10.1. The van der Waals surface area contributed by atoms with Crippen LogP contribution in [0, 0.1) is 5.92 Å². The van der Waals surface area contributed by atoms with Crippen LogP contribution >= 0.6 is 23.2 Å². The number of aromatic nitrogens is 4. The molecule has 11 heteroatoms. The van der Waals surface area contributed by atoms with Crippen LogP contribution in [0.3, 0.4) is 0 Å². The molecular weight excluding hydrogens is 443 g/mol. The van der Waals surface area contributed by atoms with Crippen molar-refractivity contribution in [3.05, 3.63) is 50.4 Å². The molecule has 3 aromatic rings. The Kier molecular flexibility index (Phi) is 6.45. The Balaban J connectivity index is 1.46. The molecule has 0 saturated carbocycles. The highest BCUT2D eigenvalue weighted by molar-refractivity contribution is 6.42. The van der Waals surface area contributed by atoms with Crippen molar-refractivity contribution in [2.45, 2.75) is 19.5 Å². The SMILES string of the molecule is COCCN1CC(Cn2ncc3nc(NCc4ccc(Cl)c(Cl)c4)[nH]c(=O)c32)CC1=O. The second-order valence-corrected chi connectivity index (χ2v) is 8.29.